The van der Waals surface area contributed by atoms with Crippen LogP contribution in [0.4, 0.5) is 0 Å². The highest BCUT2D eigenvalue weighted by molar-refractivity contribution is 5.38. The Bertz CT molecular complexity index is 485. The van der Waals surface area contributed by atoms with E-state index in [4.69, 9.17) is 9.47 Å². The van der Waals surface area contributed by atoms with Crippen LogP contribution in [-0.2, 0) is 4.74 Å². The largest absolute Gasteiger partial charge is 0.491 e. The molecule has 0 spiro atoms. The van der Waals surface area contributed by atoms with Crippen LogP contribution in [0.1, 0.15) is 17.4 Å². The molecule has 0 radical (unpaired) electrons. The molecule has 19 heavy (non-hydrogen) atoms. The van der Waals surface area contributed by atoms with Crippen molar-refractivity contribution < 1.29 is 9.47 Å². The molecule has 102 valence electrons. The van der Waals surface area contributed by atoms with Crippen molar-refractivity contribution in [2.75, 3.05) is 27.4 Å². The fourth-order valence-electron chi connectivity index (χ4n) is 1.96. The topological polar surface area (TPSA) is 59.2 Å². The monoisotopic (exact) mass is 261 g/mol. The van der Waals surface area contributed by atoms with E-state index in [-0.39, 0.29) is 6.04 Å². The maximum absolute atomic E-state index is 5.75. The number of aromatic amines is 1. The number of para-hydroxylation sites is 1. The molecule has 1 unspecified atom stereocenters. The molecule has 0 bridgehead atoms. The Morgan fingerprint density at radius 1 is 1.32 bits per heavy atom. The molecule has 0 saturated carbocycles. The van der Waals surface area contributed by atoms with E-state index < -0.39 is 0 Å². The van der Waals surface area contributed by atoms with E-state index >= 15 is 0 Å². The number of H-pyrrole nitrogens is 1. The normalized spacial score (nSPS) is 12.3. The number of imidazole rings is 1. The van der Waals surface area contributed by atoms with Gasteiger partial charge in [0, 0.05) is 25.1 Å². The molecule has 0 amide bonds. The van der Waals surface area contributed by atoms with Gasteiger partial charge in [0.2, 0.25) is 0 Å². The first-order chi connectivity index (χ1) is 9.36. The van der Waals surface area contributed by atoms with Crippen molar-refractivity contribution in [2.45, 2.75) is 6.04 Å². The molecule has 0 aliphatic heterocycles. The summed E-state index contributed by atoms with van der Waals surface area (Å²) >= 11 is 0. The van der Waals surface area contributed by atoms with Gasteiger partial charge in [-0.15, -0.1) is 0 Å². The molecule has 5 nitrogen and oxygen atoms in total. The van der Waals surface area contributed by atoms with Crippen molar-refractivity contribution in [2.24, 2.45) is 0 Å². The van der Waals surface area contributed by atoms with Crippen LogP contribution in [0.3, 0.4) is 0 Å². The highest BCUT2D eigenvalue weighted by Crippen LogP contribution is 2.27. The number of nitrogens with zero attached hydrogens (tertiary/aromatic N) is 1. The first-order valence-electron chi connectivity index (χ1n) is 6.24. The van der Waals surface area contributed by atoms with E-state index in [0.717, 1.165) is 17.1 Å². The van der Waals surface area contributed by atoms with E-state index in [2.05, 4.69) is 15.3 Å². The van der Waals surface area contributed by atoms with Gasteiger partial charge in [-0.3, -0.25) is 0 Å². The van der Waals surface area contributed by atoms with Gasteiger partial charge >= 0.3 is 0 Å². The maximum atomic E-state index is 5.75. The average Bonchev–Trinajstić information content (AvgIpc) is 2.96. The summed E-state index contributed by atoms with van der Waals surface area (Å²) in [5.41, 5.74) is 1.05. The van der Waals surface area contributed by atoms with Gasteiger partial charge in [0.05, 0.1) is 12.6 Å². The zero-order valence-electron chi connectivity index (χ0n) is 11.2. The van der Waals surface area contributed by atoms with Crippen molar-refractivity contribution in [3.05, 3.63) is 48.0 Å². The second-order valence-corrected chi connectivity index (χ2v) is 4.08. The quantitative estimate of drug-likeness (QED) is 0.745. The molecule has 0 fully saturated rings. The van der Waals surface area contributed by atoms with Crippen LogP contribution >= 0.6 is 0 Å². The lowest BCUT2D eigenvalue weighted by molar-refractivity contribution is 0.145. The fraction of sp³-hybridized carbons (Fsp3) is 0.357. The Kier molecular flexibility index (Phi) is 4.94. The molecule has 1 heterocycles. The lowest BCUT2D eigenvalue weighted by Gasteiger charge is -2.18. The van der Waals surface area contributed by atoms with Crippen molar-refractivity contribution in [1.29, 1.82) is 0 Å². The smallest absolute Gasteiger partial charge is 0.127 e. The Morgan fingerprint density at radius 3 is 2.84 bits per heavy atom. The van der Waals surface area contributed by atoms with Crippen molar-refractivity contribution in [3.8, 4) is 5.75 Å². The molecule has 2 rings (SSSR count). The van der Waals surface area contributed by atoms with E-state index in [0.29, 0.717) is 13.2 Å². The SMILES string of the molecule is CNC(c1ncc[nH]1)c1ccccc1OCCOC. The number of aromatic nitrogens is 2. The fourth-order valence-corrected chi connectivity index (χ4v) is 1.96. The summed E-state index contributed by atoms with van der Waals surface area (Å²) in [6.45, 7) is 1.10. The summed E-state index contributed by atoms with van der Waals surface area (Å²) in [6, 6.07) is 7.92. The third-order valence-corrected chi connectivity index (χ3v) is 2.86. The van der Waals surface area contributed by atoms with Gasteiger partial charge in [-0.1, -0.05) is 18.2 Å². The van der Waals surface area contributed by atoms with E-state index in [1.807, 2.05) is 37.5 Å². The summed E-state index contributed by atoms with van der Waals surface area (Å²) in [7, 11) is 3.56. The zero-order chi connectivity index (χ0) is 13.5. The molecule has 5 heteroatoms. The summed E-state index contributed by atoms with van der Waals surface area (Å²) in [5.74, 6) is 1.71. The van der Waals surface area contributed by atoms with Crippen LogP contribution in [0, 0.1) is 0 Å². The van der Waals surface area contributed by atoms with E-state index in [9.17, 15) is 0 Å². The molecular formula is C14H19N3O2. The van der Waals surface area contributed by atoms with Gasteiger partial charge in [-0.05, 0) is 13.1 Å². The average molecular weight is 261 g/mol. The van der Waals surface area contributed by atoms with Gasteiger partial charge in [-0.2, -0.15) is 0 Å². The summed E-state index contributed by atoms with van der Waals surface area (Å²) < 4.78 is 10.8. The van der Waals surface area contributed by atoms with Crippen LogP contribution in [0.5, 0.6) is 5.75 Å². The standard InChI is InChI=1S/C14H19N3O2/c1-15-13(14-16-7-8-17-14)11-5-3-4-6-12(11)19-10-9-18-2/h3-8,13,15H,9-10H2,1-2H3,(H,16,17). The van der Waals surface area contributed by atoms with Gasteiger partial charge in [-0.25, -0.2) is 4.98 Å². The van der Waals surface area contributed by atoms with Crippen molar-refractivity contribution in [1.82, 2.24) is 15.3 Å². The van der Waals surface area contributed by atoms with E-state index in [1.165, 1.54) is 0 Å². The third-order valence-electron chi connectivity index (χ3n) is 2.86. The number of rotatable bonds is 7. The highest BCUT2D eigenvalue weighted by Gasteiger charge is 2.18. The Balaban J connectivity index is 2.22. The Morgan fingerprint density at radius 2 is 2.16 bits per heavy atom. The maximum Gasteiger partial charge on any atom is 0.127 e. The highest BCUT2D eigenvalue weighted by atomic mass is 16.5. The number of hydrogen-bond donors (Lipinski definition) is 2. The number of nitrogens with one attached hydrogen (secondary N) is 2. The lowest BCUT2D eigenvalue weighted by atomic mass is 10.1. The Hall–Kier alpha value is -1.85. The second-order valence-electron chi connectivity index (χ2n) is 4.08. The number of ether oxygens (including phenoxy) is 2. The minimum Gasteiger partial charge on any atom is -0.491 e. The minimum atomic E-state index is -0.0197. The van der Waals surface area contributed by atoms with Crippen LogP contribution in [-0.4, -0.2) is 37.3 Å². The van der Waals surface area contributed by atoms with E-state index in [1.54, 1.807) is 13.3 Å². The van der Waals surface area contributed by atoms with Crippen LogP contribution < -0.4 is 10.1 Å². The Labute approximate surface area is 113 Å². The number of benzene rings is 1. The first-order valence-corrected chi connectivity index (χ1v) is 6.24. The van der Waals surface area contributed by atoms with Gasteiger partial charge < -0.3 is 19.8 Å². The van der Waals surface area contributed by atoms with Crippen LogP contribution in [0.15, 0.2) is 36.7 Å². The van der Waals surface area contributed by atoms with Crippen molar-refractivity contribution >= 4 is 0 Å². The molecule has 1 aromatic carbocycles. The first kappa shape index (κ1) is 13.6. The second kappa shape index (κ2) is 6.92. The predicted octanol–water partition coefficient (Wildman–Crippen LogP) is 1.74. The van der Waals surface area contributed by atoms with Gasteiger partial charge in [0.1, 0.15) is 18.2 Å². The summed E-state index contributed by atoms with van der Waals surface area (Å²) in [4.78, 5) is 7.43. The number of methoxy groups -OCH3 is 1. The molecule has 0 saturated heterocycles. The van der Waals surface area contributed by atoms with Gasteiger partial charge in [0.25, 0.3) is 0 Å². The molecule has 2 aromatic rings. The molecule has 2 N–H and O–H groups in total. The summed E-state index contributed by atoms with van der Waals surface area (Å²) in [5, 5.41) is 3.25. The minimum absolute atomic E-state index is 0.0197. The lowest BCUT2D eigenvalue weighted by Crippen LogP contribution is -2.20. The third kappa shape index (κ3) is 3.33. The molecular weight excluding hydrogens is 242 g/mol. The zero-order valence-corrected chi connectivity index (χ0v) is 11.2. The molecule has 1 atom stereocenters. The molecule has 0 aliphatic carbocycles. The molecule has 1 aromatic heterocycles. The van der Waals surface area contributed by atoms with Crippen molar-refractivity contribution in [3.63, 3.8) is 0 Å². The summed E-state index contributed by atoms with van der Waals surface area (Å²) in [6.07, 6.45) is 3.56. The molecule has 0 aliphatic rings. The van der Waals surface area contributed by atoms with Crippen LogP contribution in [0.25, 0.3) is 0 Å². The predicted molar refractivity (Wildman–Crippen MR) is 73.3 cm³/mol. The van der Waals surface area contributed by atoms with Crippen LogP contribution in [0.2, 0.25) is 0 Å². The van der Waals surface area contributed by atoms with Gasteiger partial charge in [0.15, 0.2) is 0 Å². The number of hydrogen-bond acceptors (Lipinski definition) is 4.